The van der Waals surface area contributed by atoms with Gasteiger partial charge in [0.25, 0.3) is 5.91 Å². The number of nitrogens with zero attached hydrogens (tertiary/aromatic N) is 2. The standard InChI is InChI=1S/C13H17N3O/c1-5-6-10(2)15-12-8-7-11(9-14-12)13(17)16(3)4/h1,7-10H,6H2,2-4H3,(H,14,15). The topological polar surface area (TPSA) is 45.2 Å². The van der Waals surface area contributed by atoms with E-state index in [4.69, 9.17) is 6.42 Å². The van der Waals surface area contributed by atoms with Gasteiger partial charge in [-0.05, 0) is 19.1 Å². The van der Waals surface area contributed by atoms with Crippen molar-refractivity contribution in [3.63, 3.8) is 0 Å². The molecule has 1 N–H and O–H groups in total. The summed E-state index contributed by atoms with van der Waals surface area (Å²) >= 11 is 0. The number of aromatic nitrogens is 1. The SMILES string of the molecule is C#CCC(C)Nc1ccc(C(=O)N(C)C)cn1. The number of rotatable bonds is 4. The van der Waals surface area contributed by atoms with Gasteiger partial charge in [-0.2, -0.15) is 0 Å². The van der Waals surface area contributed by atoms with Crippen LogP contribution in [0, 0.1) is 12.3 Å². The summed E-state index contributed by atoms with van der Waals surface area (Å²) in [7, 11) is 3.42. The molecule has 17 heavy (non-hydrogen) atoms. The van der Waals surface area contributed by atoms with Gasteiger partial charge in [0.1, 0.15) is 5.82 Å². The first-order chi connectivity index (χ1) is 8.04. The van der Waals surface area contributed by atoms with Crippen molar-refractivity contribution in [1.82, 2.24) is 9.88 Å². The molecular weight excluding hydrogens is 214 g/mol. The zero-order valence-electron chi connectivity index (χ0n) is 10.4. The molecule has 1 atom stereocenters. The number of hydrogen-bond donors (Lipinski definition) is 1. The van der Waals surface area contributed by atoms with Crippen LogP contribution >= 0.6 is 0 Å². The van der Waals surface area contributed by atoms with E-state index in [0.29, 0.717) is 12.0 Å². The van der Waals surface area contributed by atoms with Crippen LogP contribution in [0.15, 0.2) is 18.3 Å². The minimum atomic E-state index is -0.0549. The van der Waals surface area contributed by atoms with Gasteiger partial charge in [0.05, 0.1) is 5.56 Å². The molecule has 1 aromatic heterocycles. The summed E-state index contributed by atoms with van der Waals surface area (Å²) in [5.74, 6) is 3.25. The molecule has 90 valence electrons. The van der Waals surface area contributed by atoms with Crippen molar-refractivity contribution in [3.8, 4) is 12.3 Å². The average Bonchev–Trinajstić information content (AvgIpc) is 2.29. The van der Waals surface area contributed by atoms with Crippen molar-refractivity contribution in [1.29, 1.82) is 0 Å². The van der Waals surface area contributed by atoms with Crippen LogP contribution in [0.25, 0.3) is 0 Å². The van der Waals surface area contributed by atoms with Gasteiger partial charge in [0.15, 0.2) is 0 Å². The van der Waals surface area contributed by atoms with Crippen molar-refractivity contribution in [3.05, 3.63) is 23.9 Å². The first-order valence-electron chi connectivity index (χ1n) is 5.42. The number of amides is 1. The minimum Gasteiger partial charge on any atom is -0.367 e. The van der Waals surface area contributed by atoms with Gasteiger partial charge in [-0.25, -0.2) is 4.98 Å². The number of carbonyl (C=O) groups is 1. The highest BCUT2D eigenvalue weighted by atomic mass is 16.2. The van der Waals surface area contributed by atoms with Crippen LogP contribution in [0.1, 0.15) is 23.7 Å². The Morgan fingerprint density at radius 2 is 2.29 bits per heavy atom. The van der Waals surface area contributed by atoms with E-state index >= 15 is 0 Å². The fraction of sp³-hybridized carbons (Fsp3) is 0.385. The van der Waals surface area contributed by atoms with Crippen LogP contribution in [0.2, 0.25) is 0 Å². The van der Waals surface area contributed by atoms with Gasteiger partial charge in [0, 0.05) is 32.8 Å². The minimum absolute atomic E-state index is 0.0549. The number of nitrogens with one attached hydrogen (secondary N) is 1. The van der Waals surface area contributed by atoms with E-state index in [9.17, 15) is 4.79 Å². The van der Waals surface area contributed by atoms with Crippen LogP contribution < -0.4 is 5.32 Å². The Morgan fingerprint density at radius 1 is 1.59 bits per heavy atom. The van der Waals surface area contributed by atoms with Gasteiger partial charge >= 0.3 is 0 Å². The predicted octanol–water partition coefficient (Wildman–Crippen LogP) is 1.61. The molecule has 0 aliphatic carbocycles. The number of anilines is 1. The van der Waals surface area contributed by atoms with Gasteiger partial charge in [-0.15, -0.1) is 12.3 Å². The van der Waals surface area contributed by atoms with Crippen LogP contribution in [0.5, 0.6) is 0 Å². The molecular formula is C13H17N3O. The number of hydrogen-bond acceptors (Lipinski definition) is 3. The summed E-state index contributed by atoms with van der Waals surface area (Å²) in [5, 5.41) is 3.16. The molecule has 1 aromatic rings. The molecule has 0 aliphatic rings. The number of terminal acetylenes is 1. The molecule has 0 spiro atoms. The smallest absolute Gasteiger partial charge is 0.254 e. The molecule has 0 saturated carbocycles. The molecule has 1 unspecified atom stereocenters. The van der Waals surface area contributed by atoms with Crippen molar-refractivity contribution in [2.24, 2.45) is 0 Å². The molecule has 0 saturated heterocycles. The maximum Gasteiger partial charge on any atom is 0.254 e. The maximum absolute atomic E-state index is 11.6. The van der Waals surface area contributed by atoms with Crippen LogP contribution in [-0.4, -0.2) is 35.9 Å². The van der Waals surface area contributed by atoms with Crippen LogP contribution in [0.4, 0.5) is 5.82 Å². The Balaban J connectivity index is 2.69. The first-order valence-corrected chi connectivity index (χ1v) is 5.42. The second-order valence-corrected chi connectivity index (χ2v) is 4.09. The molecule has 4 heteroatoms. The third-order valence-corrected chi connectivity index (χ3v) is 2.23. The van der Waals surface area contributed by atoms with Crippen molar-refractivity contribution in [2.75, 3.05) is 19.4 Å². The van der Waals surface area contributed by atoms with E-state index in [1.54, 1.807) is 32.4 Å². The summed E-state index contributed by atoms with van der Waals surface area (Å²) in [5.41, 5.74) is 0.574. The summed E-state index contributed by atoms with van der Waals surface area (Å²) in [6.45, 7) is 1.99. The zero-order valence-corrected chi connectivity index (χ0v) is 10.4. The molecule has 1 rings (SSSR count). The molecule has 0 fully saturated rings. The first kappa shape index (κ1) is 13.0. The molecule has 4 nitrogen and oxygen atoms in total. The Hall–Kier alpha value is -2.02. The van der Waals surface area contributed by atoms with Crippen molar-refractivity contribution in [2.45, 2.75) is 19.4 Å². The molecule has 0 aliphatic heterocycles. The van der Waals surface area contributed by atoms with Crippen LogP contribution in [0.3, 0.4) is 0 Å². The lowest BCUT2D eigenvalue weighted by molar-refractivity contribution is 0.0827. The lowest BCUT2D eigenvalue weighted by atomic mass is 10.2. The second kappa shape index (κ2) is 5.90. The summed E-state index contributed by atoms with van der Waals surface area (Å²) in [6, 6.07) is 3.70. The summed E-state index contributed by atoms with van der Waals surface area (Å²) in [4.78, 5) is 17.3. The molecule has 0 radical (unpaired) electrons. The average molecular weight is 231 g/mol. The molecule has 1 heterocycles. The largest absolute Gasteiger partial charge is 0.367 e. The number of pyridine rings is 1. The Bertz CT molecular complexity index is 417. The van der Waals surface area contributed by atoms with E-state index in [1.165, 1.54) is 4.90 Å². The summed E-state index contributed by atoms with van der Waals surface area (Å²) in [6.07, 6.45) is 7.42. The van der Waals surface area contributed by atoms with Gasteiger partial charge in [-0.3, -0.25) is 4.79 Å². The molecule has 1 amide bonds. The zero-order chi connectivity index (χ0) is 12.8. The third kappa shape index (κ3) is 3.80. The van der Waals surface area contributed by atoms with Gasteiger partial charge < -0.3 is 10.2 Å². The van der Waals surface area contributed by atoms with Crippen molar-refractivity contribution < 1.29 is 4.79 Å². The highest BCUT2D eigenvalue weighted by Crippen LogP contribution is 2.08. The Labute approximate surface area is 102 Å². The predicted molar refractivity (Wildman–Crippen MR) is 68.8 cm³/mol. The monoisotopic (exact) mass is 231 g/mol. The van der Waals surface area contributed by atoms with E-state index in [-0.39, 0.29) is 11.9 Å². The maximum atomic E-state index is 11.6. The molecule has 0 aromatic carbocycles. The van der Waals surface area contributed by atoms with Gasteiger partial charge in [0.2, 0.25) is 0 Å². The number of carbonyl (C=O) groups excluding carboxylic acids is 1. The molecule has 0 bridgehead atoms. The Morgan fingerprint density at radius 3 is 2.76 bits per heavy atom. The lowest BCUT2D eigenvalue weighted by Crippen LogP contribution is -2.22. The second-order valence-electron chi connectivity index (χ2n) is 4.09. The quantitative estimate of drug-likeness (QED) is 0.801. The van der Waals surface area contributed by atoms with E-state index in [0.717, 1.165) is 5.82 Å². The van der Waals surface area contributed by atoms with Crippen LogP contribution in [-0.2, 0) is 0 Å². The Kier molecular flexibility index (Phi) is 4.53. The lowest BCUT2D eigenvalue weighted by Gasteiger charge is -2.13. The highest BCUT2D eigenvalue weighted by molar-refractivity contribution is 5.93. The summed E-state index contributed by atoms with van der Waals surface area (Å²) < 4.78 is 0. The normalized spacial score (nSPS) is 11.4. The fourth-order valence-electron chi connectivity index (χ4n) is 1.34. The fourth-order valence-corrected chi connectivity index (χ4v) is 1.34. The highest BCUT2D eigenvalue weighted by Gasteiger charge is 2.08. The van der Waals surface area contributed by atoms with E-state index in [2.05, 4.69) is 16.2 Å². The van der Waals surface area contributed by atoms with E-state index in [1.807, 2.05) is 6.92 Å². The third-order valence-electron chi connectivity index (χ3n) is 2.23. The van der Waals surface area contributed by atoms with E-state index < -0.39 is 0 Å². The van der Waals surface area contributed by atoms with Crippen molar-refractivity contribution >= 4 is 11.7 Å². The van der Waals surface area contributed by atoms with Gasteiger partial charge in [-0.1, -0.05) is 0 Å².